The molecule has 0 rings (SSSR count). The lowest BCUT2D eigenvalue weighted by Gasteiger charge is -1.87. The fraction of sp³-hybridized carbons (Fsp3) is 0.250. The smallest absolute Gasteiger partial charge is 0.197 e. The molecule has 0 aromatic rings. The van der Waals surface area contributed by atoms with E-state index >= 15 is 0 Å². The van der Waals surface area contributed by atoms with Gasteiger partial charge in [0.2, 0.25) is 0 Å². The molecule has 0 bridgehead atoms. The predicted molar refractivity (Wildman–Crippen MR) is 26.6 cm³/mol. The summed E-state index contributed by atoms with van der Waals surface area (Å²) in [5, 5.41) is 7.99. The first-order valence-electron chi connectivity index (χ1n) is 1.60. The van der Waals surface area contributed by atoms with Gasteiger partial charge >= 0.3 is 0 Å². The van der Waals surface area contributed by atoms with Crippen LogP contribution in [-0.4, -0.2) is 7.11 Å². The topological polar surface area (TPSA) is 33.0 Å². The number of ether oxygens (including phenoxy) is 1. The molecule has 0 saturated carbocycles. The van der Waals surface area contributed by atoms with Crippen LogP contribution >= 0.6 is 11.6 Å². The fourth-order valence-corrected chi connectivity index (χ4v) is 0.158. The Bertz CT molecular complexity index is 113. The number of nitriles is 1. The van der Waals surface area contributed by atoms with Crippen molar-refractivity contribution in [2.45, 2.75) is 0 Å². The summed E-state index contributed by atoms with van der Waals surface area (Å²) < 4.78 is 4.39. The van der Waals surface area contributed by atoms with E-state index < -0.39 is 0 Å². The molecule has 0 aliphatic rings. The second-order valence-corrected chi connectivity index (χ2v) is 1.15. The normalized spacial score (nSPS) is 10.1. The molecule has 7 heavy (non-hydrogen) atoms. The largest absolute Gasteiger partial charge is 0.486 e. The van der Waals surface area contributed by atoms with Gasteiger partial charge in [-0.2, -0.15) is 5.26 Å². The minimum Gasteiger partial charge on any atom is -0.486 e. The molecule has 0 spiro atoms. The molecule has 0 N–H and O–H groups in total. The molecule has 0 aromatic heterocycles. The highest BCUT2D eigenvalue weighted by molar-refractivity contribution is 6.28. The van der Waals surface area contributed by atoms with Crippen molar-refractivity contribution in [1.82, 2.24) is 0 Å². The Kier molecular flexibility index (Phi) is 3.17. The molecule has 0 fully saturated rings. The van der Waals surface area contributed by atoms with Gasteiger partial charge < -0.3 is 4.74 Å². The van der Waals surface area contributed by atoms with Crippen LogP contribution in [0.15, 0.2) is 11.3 Å². The SMILES string of the molecule is CO/C(Cl)=C/C#N. The maximum atomic E-state index is 7.88. The fourth-order valence-electron chi connectivity index (χ4n) is 0.110. The lowest BCUT2D eigenvalue weighted by Crippen LogP contribution is -1.71. The van der Waals surface area contributed by atoms with Gasteiger partial charge in [0.25, 0.3) is 0 Å². The highest BCUT2D eigenvalue weighted by atomic mass is 35.5. The van der Waals surface area contributed by atoms with Crippen LogP contribution in [0.5, 0.6) is 0 Å². The molecule has 38 valence electrons. The number of allylic oxidation sites excluding steroid dienone is 1. The number of methoxy groups -OCH3 is 1. The molecule has 2 nitrogen and oxygen atoms in total. The van der Waals surface area contributed by atoms with Crippen molar-refractivity contribution in [3.63, 3.8) is 0 Å². The summed E-state index contributed by atoms with van der Waals surface area (Å²) in [6.45, 7) is 0. The number of rotatable bonds is 1. The summed E-state index contributed by atoms with van der Waals surface area (Å²) in [7, 11) is 1.40. The summed E-state index contributed by atoms with van der Waals surface area (Å²) in [5.74, 6) is 0. The molecule has 0 heterocycles. The highest BCUT2D eigenvalue weighted by Crippen LogP contribution is 1.97. The molecular formula is C4H4ClNO. The second kappa shape index (κ2) is 3.51. The molecule has 0 atom stereocenters. The van der Waals surface area contributed by atoms with E-state index in [2.05, 4.69) is 4.74 Å². The lowest BCUT2D eigenvalue weighted by molar-refractivity contribution is 0.322. The zero-order valence-electron chi connectivity index (χ0n) is 3.81. The van der Waals surface area contributed by atoms with Crippen molar-refractivity contribution in [3.05, 3.63) is 11.3 Å². The summed E-state index contributed by atoms with van der Waals surface area (Å²) in [6.07, 6.45) is 1.11. The monoisotopic (exact) mass is 117 g/mol. The average molecular weight is 118 g/mol. The zero-order chi connectivity index (χ0) is 5.70. The Labute approximate surface area is 47.0 Å². The highest BCUT2D eigenvalue weighted by Gasteiger charge is 1.80. The van der Waals surface area contributed by atoms with Crippen molar-refractivity contribution in [1.29, 1.82) is 5.26 Å². The summed E-state index contributed by atoms with van der Waals surface area (Å²) in [4.78, 5) is 0. The van der Waals surface area contributed by atoms with Gasteiger partial charge in [0.15, 0.2) is 5.22 Å². The van der Waals surface area contributed by atoms with Crippen molar-refractivity contribution in [3.8, 4) is 6.07 Å². The van der Waals surface area contributed by atoms with Gasteiger partial charge in [0.1, 0.15) is 0 Å². The van der Waals surface area contributed by atoms with Crippen LogP contribution in [0.25, 0.3) is 0 Å². The Morgan fingerprint density at radius 1 is 2.00 bits per heavy atom. The number of hydrogen-bond donors (Lipinski definition) is 0. The van der Waals surface area contributed by atoms with Gasteiger partial charge in [-0.15, -0.1) is 0 Å². The lowest BCUT2D eigenvalue weighted by atomic mass is 10.7. The van der Waals surface area contributed by atoms with E-state index in [0.29, 0.717) is 0 Å². The molecular weight excluding hydrogens is 114 g/mol. The summed E-state index contributed by atoms with van der Waals surface area (Å²) >= 11 is 5.18. The Balaban J connectivity index is 3.56. The van der Waals surface area contributed by atoms with Crippen LogP contribution < -0.4 is 0 Å². The van der Waals surface area contributed by atoms with Gasteiger partial charge in [-0.05, 0) is 11.6 Å². The minimum atomic E-state index is 0.113. The Morgan fingerprint density at radius 3 is 2.71 bits per heavy atom. The van der Waals surface area contributed by atoms with E-state index in [0.717, 1.165) is 6.08 Å². The van der Waals surface area contributed by atoms with Crippen LogP contribution in [0.4, 0.5) is 0 Å². The second-order valence-electron chi connectivity index (χ2n) is 0.782. The van der Waals surface area contributed by atoms with E-state index in [1.165, 1.54) is 7.11 Å². The molecule has 3 heteroatoms. The van der Waals surface area contributed by atoms with Crippen LogP contribution in [0.1, 0.15) is 0 Å². The summed E-state index contributed by atoms with van der Waals surface area (Å²) in [5.41, 5.74) is 0. The molecule has 0 unspecified atom stereocenters. The molecule has 0 radical (unpaired) electrons. The molecule has 0 saturated heterocycles. The maximum absolute atomic E-state index is 7.88. The van der Waals surface area contributed by atoms with Gasteiger partial charge in [-0.1, -0.05) is 0 Å². The van der Waals surface area contributed by atoms with Gasteiger partial charge in [-0.25, -0.2) is 0 Å². The number of nitrogens with zero attached hydrogens (tertiary/aromatic N) is 1. The van der Waals surface area contributed by atoms with E-state index in [4.69, 9.17) is 16.9 Å². The third-order valence-electron chi connectivity index (χ3n) is 0.373. The van der Waals surface area contributed by atoms with E-state index in [9.17, 15) is 0 Å². The quantitative estimate of drug-likeness (QED) is 0.382. The first-order valence-corrected chi connectivity index (χ1v) is 1.98. The van der Waals surface area contributed by atoms with Crippen LogP contribution in [-0.2, 0) is 4.74 Å². The van der Waals surface area contributed by atoms with Gasteiger partial charge in [-0.3, -0.25) is 0 Å². The van der Waals surface area contributed by atoms with Crippen LogP contribution in [0.2, 0.25) is 0 Å². The van der Waals surface area contributed by atoms with E-state index in [1.807, 2.05) is 0 Å². The van der Waals surface area contributed by atoms with Crippen molar-refractivity contribution in [2.24, 2.45) is 0 Å². The summed E-state index contributed by atoms with van der Waals surface area (Å²) in [6, 6.07) is 1.70. The molecule has 0 aliphatic heterocycles. The third-order valence-corrected chi connectivity index (χ3v) is 0.636. The Morgan fingerprint density at radius 2 is 2.57 bits per heavy atom. The van der Waals surface area contributed by atoms with Crippen molar-refractivity contribution < 1.29 is 4.74 Å². The zero-order valence-corrected chi connectivity index (χ0v) is 4.57. The average Bonchev–Trinajstić information content (AvgIpc) is 1.68. The molecule has 0 aromatic carbocycles. The predicted octanol–water partition coefficient (Wildman–Crippen LogP) is 1.24. The van der Waals surface area contributed by atoms with E-state index in [1.54, 1.807) is 6.07 Å². The number of hydrogen-bond acceptors (Lipinski definition) is 2. The van der Waals surface area contributed by atoms with Crippen molar-refractivity contribution >= 4 is 11.6 Å². The standard InChI is InChI=1S/C4H4ClNO/c1-7-4(5)2-3-6/h2H,1H3/b4-2+. The molecule has 0 amide bonds. The minimum absolute atomic E-state index is 0.113. The number of halogens is 1. The Hall–Kier alpha value is -0.680. The first-order chi connectivity index (χ1) is 3.31. The molecule has 0 aliphatic carbocycles. The third kappa shape index (κ3) is 3.14. The van der Waals surface area contributed by atoms with Crippen LogP contribution in [0.3, 0.4) is 0 Å². The van der Waals surface area contributed by atoms with E-state index in [-0.39, 0.29) is 5.22 Å². The first kappa shape index (κ1) is 6.32. The maximum Gasteiger partial charge on any atom is 0.197 e. The van der Waals surface area contributed by atoms with Gasteiger partial charge in [0, 0.05) is 0 Å². The van der Waals surface area contributed by atoms with Crippen molar-refractivity contribution in [2.75, 3.05) is 7.11 Å². The van der Waals surface area contributed by atoms with Crippen LogP contribution in [0, 0.1) is 11.3 Å². The van der Waals surface area contributed by atoms with Gasteiger partial charge in [0.05, 0.1) is 19.3 Å².